The van der Waals surface area contributed by atoms with Crippen molar-refractivity contribution in [3.8, 4) is 12.3 Å². The first-order valence-corrected chi connectivity index (χ1v) is 13.3. The number of aliphatic carboxylic acids is 1. The minimum absolute atomic E-state index is 0.000520. The summed E-state index contributed by atoms with van der Waals surface area (Å²) in [5, 5.41) is 34.5. The van der Waals surface area contributed by atoms with Crippen LogP contribution in [0.1, 0.15) is 71.6 Å². The molecule has 0 aromatic heterocycles. The normalized spacial score (nSPS) is 44.8. The number of amides is 1. The number of terminal acetylenes is 1. The van der Waals surface area contributed by atoms with Gasteiger partial charge in [0.05, 0.1) is 11.8 Å². The summed E-state index contributed by atoms with van der Waals surface area (Å²) < 4.78 is 0. The van der Waals surface area contributed by atoms with Crippen molar-refractivity contribution < 1.29 is 29.7 Å². The minimum atomic E-state index is -1.12. The summed E-state index contributed by atoms with van der Waals surface area (Å²) in [6, 6.07) is -1.02. The highest BCUT2D eigenvalue weighted by Gasteiger charge is 2.63. The zero-order chi connectivity index (χ0) is 25.9. The molecular weight excluding hydrogens is 460 g/mol. The first-order valence-electron chi connectivity index (χ1n) is 13.3. The molecule has 1 aliphatic heterocycles. The molecule has 5 rings (SSSR count). The number of carbonyl (C=O) groups excluding carboxylic acids is 1. The molecule has 8 heteroatoms. The number of carbonyl (C=O) groups is 2. The van der Waals surface area contributed by atoms with Crippen molar-refractivity contribution in [2.45, 2.75) is 89.4 Å². The Labute approximate surface area is 212 Å². The van der Waals surface area contributed by atoms with Crippen molar-refractivity contribution in [3.05, 3.63) is 11.6 Å². The van der Waals surface area contributed by atoms with Gasteiger partial charge in [0.2, 0.25) is 0 Å². The number of oxime groups is 1. The predicted octanol–water partition coefficient (Wildman–Crippen LogP) is 2.73. The number of rotatable bonds is 4. The third kappa shape index (κ3) is 3.78. The summed E-state index contributed by atoms with van der Waals surface area (Å²) in [5.41, 5.74) is 1.11. The molecule has 3 saturated carbocycles. The highest BCUT2D eigenvalue weighted by molar-refractivity contribution is 5.96. The Bertz CT molecular complexity index is 1050. The molecule has 3 N–H and O–H groups in total. The van der Waals surface area contributed by atoms with Crippen LogP contribution in [0.15, 0.2) is 16.8 Å². The monoisotopic (exact) mass is 498 g/mol. The van der Waals surface area contributed by atoms with Crippen LogP contribution in [0, 0.1) is 40.9 Å². The molecular formula is C28H38N2O6. The largest absolute Gasteiger partial charge is 0.480 e. The van der Waals surface area contributed by atoms with E-state index in [2.05, 4.69) is 31.0 Å². The molecule has 0 unspecified atom stereocenters. The van der Waals surface area contributed by atoms with Gasteiger partial charge in [-0.2, -0.15) is 0 Å². The van der Waals surface area contributed by atoms with Crippen LogP contribution < -0.4 is 0 Å². The number of allylic oxidation sites excluding steroid dienone is 2. The average molecular weight is 499 g/mol. The molecule has 1 heterocycles. The standard InChI is InChI=1S/C28H38N2O6/c1-4-28(35)12-9-22-20-6-5-17-13-18(7-10-26(17,2)21(20)8-11-27(22,28)3)29-36-16-24(32)30-15-19(31)14-23(30)25(33)34/h1,13,19-23,31,35H,5-12,14-16H2,2-3H3,(H,33,34)/b29-18+/t19-,20-,21+,22+,23+,26+,27+,28-/m1/s1. The number of aliphatic hydroxyl groups excluding tert-OH is 1. The molecule has 0 aromatic carbocycles. The third-order valence-corrected chi connectivity index (χ3v) is 10.6. The van der Waals surface area contributed by atoms with Gasteiger partial charge in [-0.3, -0.25) is 4.79 Å². The second kappa shape index (κ2) is 8.88. The van der Waals surface area contributed by atoms with Gasteiger partial charge in [0.1, 0.15) is 11.6 Å². The molecule has 8 nitrogen and oxygen atoms in total. The molecule has 5 aliphatic rings. The molecule has 0 spiro atoms. The summed E-state index contributed by atoms with van der Waals surface area (Å²) in [7, 11) is 0. The second-order valence-electron chi connectivity index (χ2n) is 12.1. The molecule has 0 aromatic rings. The molecule has 4 aliphatic carbocycles. The Balaban J connectivity index is 1.25. The number of nitrogens with zero attached hydrogens (tertiary/aromatic N) is 2. The zero-order valence-electron chi connectivity index (χ0n) is 21.3. The van der Waals surface area contributed by atoms with E-state index in [1.807, 2.05) is 0 Å². The van der Waals surface area contributed by atoms with Gasteiger partial charge in [-0.15, -0.1) is 6.42 Å². The van der Waals surface area contributed by atoms with Crippen molar-refractivity contribution in [1.29, 1.82) is 0 Å². The van der Waals surface area contributed by atoms with Crippen molar-refractivity contribution in [1.82, 2.24) is 4.90 Å². The van der Waals surface area contributed by atoms with Gasteiger partial charge >= 0.3 is 5.97 Å². The van der Waals surface area contributed by atoms with Gasteiger partial charge in [0, 0.05) is 18.4 Å². The summed E-state index contributed by atoms with van der Waals surface area (Å²) in [5.74, 6) is 2.73. The predicted molar refractivity (Wildman–Crippen MR) is 133 cm³/mol. The molecule has 36 heavy (non-hydrogen) atoms. The van der Waals surface area contributed by atoms with Crippen LogP contribution >= 0.6 is 0 Å². The van der Waals surface area contributed by atoms with Gasteiger partial charge < -0.3 is 25.1 Å². The fraction of sp³-hybridized carbons (Fsp3) is 0.750. The van der Waals surface area contributed by atoms with Crippen LogP contribution in [-0.2, 0) is 14.4 Å². The highest BCUT2D eigenvalue weighted by atomic mass is 16.6. The Morgan fingerprint density at radius 3 is 2.67 bits per heavy atom. The Hall–Kier alpha value is -2.37. The molecule has 1 amide bonds. The lowest BCUT2D eigenvalue weighted by Gasteiger charge is -2.58. The van der Waals surface area contributed by atoms with Crippen LogP contribution in [-0.4, -0.2) is 68.7 Å². The van der Waals surface area contributed by atoms with Gasteiger partial charge in [-0.1, -0.05) is 30.5 Å². The fourth-order valence-corrected chi connectivity index (χ4v) is 8.47. The molecule has 8 atom stereocenters. The Kier molecular flexibility index (Phi) is 6.24. The number of hydrogen-bond donors (Lipinski definition) is 3. The number of β-amino-alcohol motifs (C(OH)–C–C–N with tert-alkyl or cyclic N) is 1. The van der Waals surface area contributed by atoms with Gasteiger partial charge in [0.25, 0.3) is 5.91 Å². The number of aliphatic hydroxyl groups is 2. The molecule has 0 bridgehead atoms. The van der Waals surface area contributed by atoms with Gasteiger partial charge in [0.15, 0.2) is 6.61 Å². The minimum Gasteiger partial charge on any atom is -0.480 e. The first kappa shape index (κ1) is 25.3. The lowest BCUT2D eigenvalue weighted by molar-refractivity contribution is -0.150. The SMILES string of the molecule is C#C[C@@]1(O)CC[C@H]2[C@@H]3CCC4=C/C(=N/OCC(=O)N5C[C@H](O)C[C@H]5C(=O)O)CC[C@]4(C)[C@H]3CC[C@@]21C. The van der Waals surface area contributed by atoms with E-state index in [1.54, 1.807) is 0 Å². The van der Waals surface area contributed by atoms with E-state index in [9.17, 15) is 24.9 Å². The zero-order valence-corrected chi connectivity index (χ0v) is 21.3. The number of carboxylic acid groups (broad SMARTS) is 1. The topological polar surface area (TPSA) is 120 Å². The van der Waals surface area contributed by atoms with E-state index in [4.69, 9.17) is 11.3 Å². The fourth-order valence-electron chi connectivity index (χ4n) is 8.47. The van der Waals surface area contributed by atoms with Crippen LogP contribution in [0.4, 0.5) is 0 Å². The lowest BCUT2D eigenvalue weighted by Crippen LogP contribution is -2.54. The van der Waals surface area contributed by atoms with Gasteiger partial charge in [-0.05, 0) is 80.6 Å². The van der Waals surface area contributed by atoms with Gasteiger partial charge in [-0.25, -0.2) is 4.79 Å². The number of carboxylic acids is 1. The van der Waals surface area contributed by atoms with E-state index < -0.39 is 29.6 Å². The van der Waals surface area contributed by atoms with E-state index in [-0.39, 0.29) is 30.4 Å². The molecule has 4 fully saturated rings. The number of hydrogen-bond acceptors (Lipinski definition) is 6. The van der Waals surface area contributed by atoms with Crippen LogP contribution in [0.25, 0.3) is 0 Å². The second-order valence-corrected chi connectivity index (χ2v) is 12.1. The number of likely N-dealkylation sites (tertiary alicyclic amines) is 1. The van der Waals surface area contributed by atoms with E-state index >= 15 is 0 Å². The highest BCUT2D eigenvalue weighted by Crippen LogP contribution is 2.67. The summed E-state index contributed by atoms with van der Waals surface area (Å²) >= 11 is 0. The van der Waals surface area contributed by atoms with Crippen molar-refractivity contribution >= 4 is 17.6 Å². The Morgan fingerprint density at radius 2 is 1.94 bits per heavy atom. The molecule has 1 saturated heterocycles. The molecule has 196 valence electrons. The quantitative estimate of drug-likeness (QED) is 0.405. The summed E-state index contributed by atoms with van der Waals surface area (Å²) in [6.07, 6.45) is 14.7. The first-order chi connectivity index (χ1) is 17.0. The van der Waals surface area contributed by atoms with E-state index in [0.29, 0.717) is 24.2 Å². The summed E-state index contributed by atoms with van der Waals surface area (Å²) in [4.78, 5) is 30.4. The summed E-state index contributed by atoms with van der Waals surface area (Å²) in [6.45, 7) is 4.25. The number of fused-ring (bicyclic) bond motifs is 5. The third-order valence-electron chi connectivity index (χ3n) is 10.6. The average Bonchev–Trinajstić information content (AvgIpc) is 3.37. The maximum Gasteiger partial charge on any atom is 0.326 e. The maximum absolute atomic E-state index is 12.5. The van der Waals surface area contributed by atoms with E-state index in [0.717, 1.165) is 55.6 Å². The smallest absolute Gasteiger partial charge is 0.326 e. The van der Waals surface area contributed by atoms with Crippen molar-refractivity contribution in [2.24, 2.45) is 33.7 Å². The van der Waals surface area contributed by atoms with Crippen LogP contribution in [0.2, 0.25) is 0 Å². The maximum atomic E-state index is 12.5. The van der Waals surface area contributed by atoms with Crippen LogP contribution in [0.3, 0.4) is 0 Å². The Morgan fingerprint density at radius 1 is 1.19 bits per heavy atom. The molecule has 0 radical (unpaired) electrons. The van der Waals surface area contributed by atoms with Crippen molar-refractivity contribution in [2.75, 3.05) is 13.2 Å². The lowest BCUT2D eigenvalue weighted by atomic mass is 9.46. The van der Waals surface area contributed by atoms with E-state index in [1.165, 1.54) is 5.57 Å². The van der Waals surface area contributed by atoms with Crippen molar-refractivity contribution in [3.63, 3.8) is 0 Å². The van der Waals surface area contributed by atoms with Crippen LogP contribution in [0.5, 0.6) is 0 Å².